The molecule has 0 heterocycles. The summed E-state index contributed by atoms with van der Waals surface area (Å²) in [4.78, 5) is 9.46. The lowest BCUT2D eigenvalue weighted by molar-refractivity contribution is -0.137. The van der Waals surface area contributed by atoms with Gasteiger partial charge in [-0.1, -0.05) is 0 Å². The fourth-order valence-electron chi connectivity index (χ4n) is 1.36. The molecule has 106 valence electrons. The van der Waals surface area contributed by atoms with E-state index in [1.807, 2.05) is 4.72 Å². The van der Waals surface area contributed by atoms with Crippen molar-refractivity contribution in [1.29, 1.82) is 0 Å². The zero-order valence-electron chi connectivity index (χ0n) is 10.1. The van der Waals surface area contributed by atoms with Crippen LogP contribution >= 0.6 is 0 Å². The van der Waals surface area contributed by atoms with Gasteiger partial charge in [0.1, 0.15) is 16.5 Å². The molecule has 0 spiro atoms. The Labute approximate surface area is 109 Å². The molecule has 0 unspecified atom stereocenters. The van der Waals surface area contributed by atoms with Crippen LogP contribution in [0.25, 0.3) is 0 Å². The van der Waals surface area contributed by atoms with Crippen molar-refractivity contribution >= 4 is 16.0 Å². The average Bonchev–Trinajstić information content (AvgIpc) is 2.29. The summed E-state index contributed by atoms with van der Waals surface area (Å²) < 4.78 is 52.1. The Morgan fingerprint density at radius 3 is 2.53 bits per heavy atom. The van der Waals surface area contributed by atoms with Crippen LogP contribution in [0.4, 0.5) is 8.78 Å². The number of hydrogen-bond donors (Lipinski definition) is 2. The molecule has 0 aliphatic carbocycles. The van der Waals surface area contributed by atoms with E-state index >= 15 is 0 Å². The van der Waals surface area contributed by atoms with Crippen molar-refractivity contribution in [3.05, 3.63) is 29.3 Å². The number of sulfonamides is 1. The number of rotatable bonds is 6. The first-order chi connectivity index (χ1) is 8.74. The Hall–Kier alpha value is -1.54. The number of hydrogen-bond acceptors (Lipinski definition) is 3. The van der Waals surface area contributed by atoms with E-state index in [9.17, 15) is 22.0 Å². The summed E-state index contributed by atoms with van der Waals surface area (Å²) in [5.74, 6) is -2.94. The lowest BCUT2D eigenvalue weighted by Crippen LogP contribution is -2.26. The van der Waals surface area contributed by atoms with Crippen LogP contribution in [-0.4, -0.2) is 26.0 Å². The highest BCUT2D eigenvalue weighted by molar-refractivity contribution is 7.89. The van der Waals surface area contributed by atoms with Gasteiger partial charge in [-0.2, -0.15) is 0 Å². The molecule has 0 radical (unpaired) electrons. The largest absolute Gasteiger partial charge is 0.481 e. The van der Waals surface area contributed by atoms with Crippen molar-refractivity contribution in [3.8, 4) is 0 Å². The smallest absolute Gasteiger partial charge is 0.303 e. The maximum atomic E-state index is 13.5. The molecule has 2 N–H and O–H groups in total. The summed E-state index contributed by atoms with van der Waals surface area (Å²) in [5, 5.41) is 8.38. The number of carboxylic acid groups (broad SMARTS) is 1. The van der Waals surface area contributed by atoms with Gasteiger partial charge in [0, 0.05) is 13.0 Å². The Bertz CT molecular complexity index is 587. The first kappa shape index (κ1) is 15.5. The predicted molar refractivity (Wildman–Crippen MR) is 63.2 cm³/mol. The van der Waals surface area contributed by atoms with Crippen LogP contribution in [0.1, 0.15) is 18.4 Å². The minimum atomic E-state index is -4.19. The third kappa shape index (κ3) is 4.25. The summed E-state index contributed by atoms with van der Waals surface area (Å²) in [6.45, 7) is 1.15. The van der Waals surface area contributed by atoms with Gasteiger partial charge in [0.25, 0.3) is 0 Å². The van der Waals surface area contributed by atoms with Gasteiger partial charge in [-0.3, -0.25) is 4.79 Å². The molecule has 19 heavy (non-hydrogen) atoms. The van der Waals surface area contributed by atoms with Crippen LogP contribution in [0.2, 0.25) is 0 Å². The second-order valence-corrected chi connectivity index (χ2v) is 5.66. The SMILES string of the molecule is Cc1cc(F)c(S(=O)(=O)NCCCC(=O)O)cc1F. The zero-order valence-corrected chi connectivity index (χ0v) is 10.9. The van der Waals surface area contributed by atoms with Gasteiger partial charge in [-0.25, -0.2) is 21.9 Å². The minimum absolute atomic E-state index is 0.00215. The molecule has 0 atom stereocenters. The molecule has 1 aromatic carbocycles. The average molecular weight is 293 g/mol. The van der Waals surface area contributed by atoms with E-state index in [2.05, 4.69) is 0 Å². The Kier molecular flexibility index (Phi) is 4.96. The molecule has 0 fully saturated rings. The molecule has 5 nitrogen and oxygen atoms in total. The lowest BCUT2D eigenvalue weighted by atomic mass is 10.2. The van der Waals surface area contributed by atoms with E-state index in [1.54, 1.807) is 0 Å². The number of halogens is 2. The molecule has 0 aromatic heterocycles. The third-order valence-corrected chi connectivity index (χ3v) is 3.84. The van der Waals surface area contributed by atoms with Gasteiger partial charge < -0.3 is 5.11 Å². The Morgan fingerprint density at radius 2 is 1.95 bits per heavy atom. The predicted octanol–water partition coefficient (Wildman–Crippen LogP) is 1.42. The highest BCUT2D eigenvalue weighted by Crippen LogP contribution is 2.18. The van der Waals surface area contributed by atoms with Crippen molar-refractivity contribution in [3.63, 3.8) is 0 Å². The zero-order chi connectivity index (χ0) is 14.6. The molecule has 0 amide bonds. The normalized spacial score (nSPS) is 11.5. The topological polar surface area (TPSA) is 83.5 Å². The number of benzene rings is 1. The van der Waals surface area contributed by atoms with Crippen LogP contribution in [0, 0.1) is 18.6 Å². The number of nitrogens with one attached hydrogen (secondary N) is 1. The molecular formula is C11H13F2NO4S. The molecule has 0 aliphatic rings. The van der Waals surface area contributed by atoms with E-state index < -0.39 is 32.5 Å². The van der Waals surface area contributed by atoms with E-state index in [-0.39, 0.29) is 24.9 Å². The van der Waals surface area contributed by atoms with Crippen molar-refractivity contribution in [1.82, 2.24) is 4.72 Å². The number of aryl methyl sites for hydroxylation is 1. The summed E-state index contributed by atoms with van der Waals surface area (Å²) in [6.07, 6.45) is -0.155. The van der Waals surface area contributed by atoms with Crippen LogP contribution < -0.4 is 4.72 Å². The minimum Gasteiger partial charge on any atom is -0.481 e. The number of carboxylic acids is 1. The van der Waals surface area contributed by atoms with Gasteiger partial charge in [-0.15, -0.1) is 0 Å². The summed E-state index contributed by atoms with van der Waals surface area (Å²) in [7, 11) is -4.19. The molecule has 1 rings (SSSR count). The van der Waals surface area contributed by atoms with Crippen molar-refractivity contribution < 1.29 is 27.1 Å². The Balaban J connectivity index is 2.83. The van der Waals surface area contributed by atoms with Crippen molar-refractivity contribution in [2.75, 3.05) is 6.54 Å². The summed E-state index contributed by atoms with van der Waals surface area (Å²) in [5.41, 5.74) is 0.00215. The molecule has 1 aromatic rings. The van der Waals surface area contributed by atoms with Gasteiger partial charge >= 0.3 is 5.97 Å². The van der Waals surface area contributed by atoms with E-state index in [0.29, 0.717) is 6.07 Å². The standard InChI is InChI=1S/C11H13F2NO4S/c1-7-5-9(13)10(6-8(7)12)19(17,18)14-4-2-3-11(15)16/h5-6,14H,2-4H2,1H3,(H,15,16). The van der Waals surface area contributed by atoms with Crippen LogP contribution in [0.5, 0.6) is 0 Å². The Morgan fingerprint density at radius 1 is 1.32 bits per heavy atom. The highest BCUT2D eigenvalue weighted by Gasteiger charge is 2.20. The second kappa shape index (κ2) is 6.07. The highest BCUT2D eigenvalue weighted by atomic mass is 32.2. The fraction of sp³-hybridized carbons (Fsp3) is 0.364. The van der Waals surface area contributed by atoms with Gasteiger partial charge in [0.05, 0.1) is 0 Å². The van der Waals surface area contributed by atoms with Crippen LogP contribution in [0.15, 0.2) is 17.0 Å². The number of carbonyl (C=O) groups is 1. The summed E-state index contributed by atoms with van der Waals surface area (Å²) in [6, 6.07) is 1.39. The van der Waals surface area contributed by atoms with Gasteiger partial charge in [0.15, 0.2) is 0 Å². The van der Waals surface area contributed by atoms with Crippen LogP contribution in [-0.2, 0) is 14.8 Å². The molecular weight excluding hydrogens is 280 g/mol. The summed E-state index contributed by atoms with van der Waals surface area (Å²) >= 11 is 0. The second-order valence-electron chi connectivity index (χ2n) is 3.93. The maximum Gasteiger partial charge on any atom is 0.303 e. The van der Waals surface area contributed by atoms with Crippen LogP contribution in [0.3, 0.4) is 0 Å². The molecule has 0 saturated carbocycles. The number of aliphatic carboxylic acids is 1. The van der Waals surface area contributed by atoms with Crippen molar-refractivity contribution in [2.24, 2.45) is 0 Å². The first-order valence-electron chi connectivity index (χ1n) is 5.41. The molecule has 0 bridgehead atoms. The van der Waals surface area contributed by atoms with Gasteiger partial charge in [0.2, 0.25) is 10.0 Å². The first-order valence-corrected chi connectivity index (χ1v) is 6.89. The van der Waals surface area contributed by atoms with E-state index in [1.165, 1.54) is 6.92 Å². The lowest BCUT2D eigenvalue weighted by Gasteiger charge is -2.08. The van der Waals surface area contributed by atoms with Gasteiger partial charge in [-0.05, 0) is 31.0 Å². The third-order valence-electron chi connectivity index (χ3n) is 2.36. The molecule has 0 aliphatic heterocycles. The molecule has 0 saturated heterocycles. The molecule has 8 heteroatoms. The fourth-order valence-corrected chi connectivity index (χ4v) is 2.50. The van der Waals surface area contributed by atoms with Crippen molar-refractivity contribution in [2.45, 2.75) is 24.7 Å². The quantitative estimate of drug-likeness (QED) is 0.777. The maximum absolute atomic E-state index is 13.5. The van der Waals surface area contributed by atoms with E-state index in [4.69, 9.17) is 5.11 Å². The monoisotopic (exact) mass is 293 g/mol. The van der Waals surface area contributed by atoms with E-state index in [0.717, 1.165) is 6.07 Å².